The lowest BCUT2D eigenvalue weighted by atomic mass is 10.2. The molecule has 1 aromatic heterocycles. The number of nitrogens with zero attached hydrogens (tertiary/aromatic N) is 1. The van der Waals surface area contributed by atoms with Crippen molar-refractivity contribution in [1.82, 2.24) is 4.98 Å². The van der Waals surface area contributed by atoms with Gasteiger partial charge >= 0.3 is 0 Å². The third-order valence-corrected chi connectivity index (χ3v) is 4.75. The largest absolute Gasteiger partial charge is 0.247 e. The third kappa shape index (κ3) is 2.49. The fourth-order valence-electron chi connectivity index (χ4n) is 1.33. The lowest BCUT2D eigenvalue weighted by molar-refractivity contribution is 0.680. The van der Waals surface area contributed by atoms with E-state index < -0.39 is 10.8 Å². The highest BCUT2D eigenvalue weighted by Crippen LogP contribution is 2.21. The molecule has 0 saturated heterocycles. The number of benzene rings is 1. The maximum atomic E-state index is 12.2. The monoisotopic (exact) mass is 343 g/mol. The van der Waals surface area contributed by atoms with Crippen LogP contribution in [0.3, 0.4) is 0 Å². The molecule has 1 heterocycles. The molecule has 2 nitrogen and oxygen atoms in total. The quantitative estimate of drug-likeness (QED) is 0.784. The maximum absolute atomic E-state index is 12.2. The molecule has 82 valence electrons. The summed E-state index contributed by atoms with van der Waals surface area (Å²) in [7, 11) is -1.19. The summed E-state index contributed by atoms with van der Waals surface area (Å²) in [5.41, 5.74) is 1.17. The van der Waals surface area contributed by atoms with Crippen molar-refractivity contribution in [3.63, 3.8) is 0 Å². The Bertz CT molecular complexity index is 528. The average molecular weight is 343 g/mol. The molecule has 0 bridgehead atoms. The Labute approximate surface area is 111 Å². The minimum atomic E-state index is -1.19. The van der Waals surface area contributed by atoms with E-state index in [0.29, 0.717) is 5.03 Å². The minimum Gasteiger partial charge on any atom is -0.247 e. The van der Waals surface area contributed by atoms with Gasteiger partial charge in [-0.15, -0.1) is 0 Å². The molecule has 1 atom stereocenters. The predicted octanol–water partition coefficient (Wildman–Crippen LogP) is 3.16. The topological polar surface area (TPSA) is 30.0 Å². The van der Waals surface area contributed by atoms with E-state index in [1.54, 1.807) is 12.3 Å². The van der Waals surface area contributed by atoms with Crippen LogP contribution < -0.4 is 0 Å². The Morgan fingerprint density at radius 1 is 1.25 bits per heavy atom. The summed E-state index contributed by atoms with van der Waals surface area (Å²) in [6, 6.07) is 11.4. The molecule has 0 saturated carbocycles. The van der Waals surface area contributed by atoms with Crippen LogP contribution in [0.2, 0.25) is 0 Å². The Kier molecular flexibility index (Phi) is 3.70. The molecule has 0 spiro atoms. The van der Waals surface area contributed by atoms with Gasteiger partial charge in [-0.3, -0.25) is 0 Å². The first-order chi connectivity index (χ1) is 7.68. The third-order valence-electron chi connectivity index (χ3n) is 2.11. The van der Waals surface area contributed by atoms with Crippen LogP contribution in [0, 0.1) is 10.5 Å². The second-order valence-corrected chi connectivity index (χ2v) is 5.93. The highest BCUT2D eigenvalue weighted by Gasteiger charge is 2.11. The van der Waals surface area contributed by atoms with Crippen LogP contribution in [0.1, 0.15) is 5.56 Å². The van der Waals surface area contributed by atoms with Crippen LogP contribution in [-0.4, -0.2) is 9.19 Å². The van der Waals surface area contributed by atoms with Crippen molar-refractivity contribution in [2.45, 2.75) is 16.8 Å². The summed E-state index contributed by atoms with van der Waals surface area (Å²) < 4.78 is 13.2. The first-order valence-corrected chi connectivity index (χ1v) is 7.00. The van der Waals surface area contributed by atoms with Gasteiger partial charge in [-0.1, -0.05) is 12.1 Å². The molecule has 1 unspecified atom stereocenters. The van der Waals surface area contributed by atoms with Crippen molar-refractivity contribution in [2.24, 2.45) is 0 Å². The SMILES string of the molecule is Cc1ccc(S(=O)c2ccccn2)c(I)c1. The van der Waals surface area contributed by atoms with Crippen molar-refractivity contribution in [3.05, 3.63) is 51.7 Å². The summed E-state index contributed by atoms with van der Waals surface area (Å²) in [6.07, 6.45) is 1.66. The second-order valence-electron chi connectivity index (χ2n) is 3.37. The van der Waals surface area contributed by atoms with Crippen molar-refractivity contribution in [2.75, 3.05) is 0 Å². The molecule has 0 radical (unpaired) electrons. The number of hydrogen-bond donors (Lipinski definition) is 0. The van der Waals surface area contributed by atoms with Crippen molar-refractivity contribution in [3.8, 4) is 0 Å². The smallest absolute Gasteiger partial charge is 0.132 e. The molecule has 0 aliphatic carbocycles. The lowest BCUT2D eigenvalue weighted by Crippen LogP contribution is -1.98. The van der Waals surface area contributed by atoms with Gasteiger partial charge in [0.2, 0.25) is 0 Å². The van der Waals surface area contributed by atoms with Crippen LogP contribution in [0.4, 0.5) is 0 Å². The first kappa shape index (κ1) is 11.7. The maximum Gasteiger partial charge on any atom is 0.132 e. The first-order valence-electron chi connectivity index (χ1n) is 4.77. The molecule has 0 amide bonds. The molecule has 0 aliphatic heterocycles. The summed E-state index contributed by atoms with van der Waals surface area (Å²) in [4.78, 5) is 4.94. The van der Waals surface area contributed by atoms with Crippen LogP contribution >= 0.6 is 22.6 Å². The molecule has 16 heavy (non-hydrogen) atoms. The molecule has 1 aromatic carbocycles. The molecule has 2 aromatic rings. The Morgan fingerprint density at radius 2 is 2.06 bits per heavy atom. The van der Waals surface area contributed by atoms with E-state index in [1.807, 2.05) is 37.3 Å². The van der Waals surface area contributed by atoms with E-state index in [-0.39, 0.29) is 0 Å². The van der Waals surface area contributed by atoms with E-state index in [1.165, 1.54) is 5.56 Å². The van der Waals surface area contributed by atoms with Crippen LogP contribution in [-0.2, 0) is 10.8 Å². The van der Waals surface area contributed by atoms with Crippen LogP contribution in [0.5, 0.6) is 0 Å². The minimum absolute atomic E-state index is 0.601. The van der Waals surface area contributed by atoms with Crippen molar-refractivity contribution < 1.29 is 4.21 Å². The van der Waals surface area contributed by atoms with Gasteiger partial charge in [0, 0.05) is 9.77 Å². The zero-order valence-corrected chi connectivity index (χ0v) is 11.7. The molecule has 4 heteroatoms. The number of pyridine rings is 1. The summed E-state index contributed by atoms with van der Waals surface area (Å²) in [5.74, 6) is 0. The molecular formula is C12H10INOS. The summed E-state index contributed by atoms with van der Waals surface area (Å²) in [6.45, 7) is 2.02. The average Bonchev–Trinajstić information content (AvgIpc) is 2.29. The molecular weight excluding hydrogens is 333 g/mol. The molecule has 0 N–H and O–H groups in total. The summed E-state index contributed by atoms with van der Waals surface area (Å²) in [5, 5.41) is 0.601. The van der Waals surface area contributed by atoms with Gasteiger partial charge in [0.25, 0.3) is 0 Å². The van der Waals surface area contributed by atoms with E-state index in [0.717, 1.165) is 8.47 Å². The lowest BCUT2D eigenvalue weighted by Gasteiger charge is -2.04. The van der Waals surface area contributed by atoms with Crippen LogP contribution in [0.15, 0.2) is 52.5 Å². The highest BCUT2D eigenvalue weighted by atomic mass is 127. The zero-order chi connectivity index (χ0) is 11.5. The Balaban J connectivity index is 2.42. The van der Waals surface area contributed by atoms with Gasteiger partial charge < -0.3 is 0 Å². The standard InChI is InChI=1S/C12H10INOS/c1-9-5-6-11(10(13)8-9)16(15)12-4-2-3-7-14-12/h2-8H,1H3. The number of aromatic nitrogens is 1. The summed E-state index contributed by atoms with van der Waals surface area (Å²) >= 11 is 2.21. The zero-order valence-electron chi connectivity index (χ0n) is 8.68. The number of halogens is 1. The Hall–Kier alpha value is -0.750. The number of aryl methyl sites for hydroxylation is 1. The molecule has 0 fully saturated rings. The van der Waals surface area contributed by atoms with E-state index in [9.17, 15) is 4.21 Å². The predicted molar refractivity (Wildman–Crippen MR) is 72.8 cm³/mol. The van der Waals surface area contributed by atoms with Crippen LogP contribution in [0.25, 0.3) is 0 Å². The van der Waals surface area contributed by atoms with Gasteiger partial charge in [0.15, 0.2) is 0 Å². The molecule has 2 rings (SSSR count). The number of hydrogen-bond acceptors (Lipinski definition) is 2. The van der Waals surface area contributed by atoms with Gasteiger partial charge in [0.05, 0.1) is 4.90 Å². The highest BCUT2D eigenvalue weighted by molar-refractivity contribution is 14.1. The number of rotatable bonds is 2. The van der Waals surface area contributed by atoms with Gasteiger partial charge in [-0.25, -0.2) is 9.19 Å². The van der Waals surface area contributed by atoms with Crippen molar-refractivity contribution >= 4 is 33.4 Å². The Morgan fingerprint density at radius 3 is 2.69 bits per heavy atom. The normalized spacial score (nSPS) is 12.4. The van der Waals surface area contributed by atoms with Gasteiger partial charge in [0.1, 0.15) is 15.8 Å². The van der Waals surface area contributed by atoms with Crippen molar-refractivity contribution in [1.29, 1.82) is 0 Å². The van der Waals surface area contributed by atoms with E-state index in [2.05, 4.69) is 27.6 Å². The fourth-order valence-corrected chi connectivity index (χ4v) is 3.61. The van der Waals surface area contributed by atoms with E-state index >= 15 is 0 Å². The second kappa shape index (κ2) is 5.05. The fraction of sp³-hybridized carbons (Fsp3) is 0.0833. The van der Waals surface area contributed by atoms with Gasteiger partial charge in [-0.05, 0) is 59.3 Å². The van der Waals surface area contributed by atoms with E-state index in [4.69, 9.17) is 0 Å². The van der Waals surface area contributed by atoms with Gasteiger partial charge in [-0.2, -0.15) is 0 Å². The molecule has 0 aliphatic rings.